The zero-order valence-electron chi connectivity index (χ0n) is 18.5. The lowest BCUT2D eigenvalue weighted by molar-refractivity contribution is 0.0682. The Morgan fingerprint density at radius 2 is 1.97 bits per heavy atom. The topological polar surface area (TPSA) is 55.7 Å². The smallest absolute Gasteiger partial charge is 0.163 e. The third-order valence-electron chi connectivity index (χ3n) is 6.89. The Balaban J connectivity index is 1.34. The Morgan fingerprint density at radius 3 is 2.78 bits per heavy atom. The van der Waals surface area contributed by atoms with Crippen LogP contribution in [0.1, 0.15) is 30.4 Å². The number of hydrogen-bond donors (Lipinski definition) is 0. The van der Waals surface area contributed by atoms with Crippen molar-refractivity contribution in [2.24, 2.45) is 5.92 Å². The number of thiophene rings is 1. The van der Waals surface area contributed by atoms with Crippen molar-refractivity contribution in [1.82, 2.24) is 14.8 Å². The molecule has 0 saturated carbocycles. The van der Waals surface area contributed by atoms with Gasteiger partial charge < -0.3 is 19.3 Å². The van der Waals surface area contributed by atoms with Crippen LogP contribution in [0.4, 0.5) is 10.0 Å². The lowest BCUT2D eigenvalue weighted by Crippen LogP contribution is -2.35. The minimum atomic E-state index is 0.730. The van der Waals surface area contributed by atoms with Gasteiger partial charge in [0.2, 0.25) is 0 Å². The van der Waals surface area contributed by atoms with Gasteiger partial charge in [0.05, 0.1) is 17.7 Å². The fourth-order valence-electron chi connectivity index (χ4n) is 5.20. The zero-order chi connectivity index (χ0) is 21.5. The van der Waals surface area contributed by atoms with E-state index in [0.717, 1.165) is 63.4 Å². The molecule has 5 heterocycles. The number of methoxy groups -OCH3 is 1. The maximum Gasteiger partial charge on any atom is 0.163 e. The van der Waals surface area contributed by atoms with Gasteiger partial charge in [-0.25, -0.2) is 9.67 Å². The molecule has 3 aliphatic rings. The van der Waals surface area contributed by atoms with Crippen LogP contribution in [0, 0.1) is 5.92 Å². The van der Waals surface area contributed by atoms with Gasteiger partial charge in [0.15, 0.2) is 5.82 Å². The molecule has 3 aliphatic heterocycles. The molecule has 1 saturated heterocycles. The van der Waals surface area contributed by atoms with Gasteiger partial charge in [0.25, 0.3) is 0 Å². The Labute approximate surface area is 192 Å². The Hall–Kier alpha value is -2.58. The standard InChI is InChI=1S/C24H29N5O2S/c1-30-19-6-4-17(5-7-19)14-28-16-29-22(25-15-26-29)21-20-3-2-10-27(23(20)32-24(21)28)13-18-8-11-31-12-9-18/h4-7,15,18H,2-3,8-14,16H2,1H3. The number of hydrogen-bond acceptors (Lipinski definition) is 7. The normalized spacial score (nSPS) is 18.3. The molecular formula is C24H29N5O2S. The number of aromatic nitrogens is 3. The monoisotopic (exact) mass is 451 g/mol. The molecule has 3 aromatic rings. The van der Waals surface area contributed by atoms with Crippen LogP contribution in [0.15, 0.2) is 30.6 Å². The van der Waals surface area contributed by atoms with E-state index in [0.29, 0.717) is 0 Å². The van der Waals surface area contributed by atoms with Crippen molar-refractivity contribution in [2.45, 2.75) is 38.9 Å². The van der Waals surface area contributed by atoms with Crippen LogP contribution in [0.5, 0.6) is 5.75 Å². The fraction of sp³-hybridized carbons (Fsp3) is 0.500. The van der Waals surface area contributed by atoms with E-state index >= 15 is 0 Å². The summed E-state index contributed by atoms with van der Waals surface area (Å²) in [6, 6.07) is 8.38. The molecule has 0 atom stereocenters. The van der Waals surface area contributed by atoms with E-state index in [-0.39, 0.29) is 0 Å². The molecule has 0 radical (unpaired) electrons. The molecule has 0 spiro atoms. The van der Waals surface area contributed by atoms with Crippen LogP contribution in [-0.2, 0) is 24.4 Å². The van der Waals surface area contributed by atoms with Gasteiger partial charge >= 0.3 is 0 Å². The van der Waals surface area contributed by atoms with E-state index in [4.69, 9.17) is 9.47 Å². The van der Waals surface area contributed by atoms with Crippen molar-refractivity contribution in [3.63, 3.8) is 0 Å². The molecule has 168 valence electrons. The van der Waals surface area contributed by atoms with Crippen molar-refractivity contribution >= 4 is 21.3 Å². The second-order valence-corrected chi connectivity index (χ2v) is 9.92. The first-order valence-electron chi connectivity index (χ1n) is 11.5. The SMILES string of the molecule is COc1ccc(CN2Cn3ncnc3-c3c2sc2c3CCCN2CC2CCOCC2)cc1. The van der Waals surface area contributed by atoms with Gasteiger partial charge in [-0.3, -0.25) is 0 Å². The maximum absolute atomic E-state index is 5.59. The molecule has 32 heavy (non-hydrogen) atoms. The van der Waals surface area contributed by atoms with Crippen LogP contribution in [-0.4, -0.2) is 48.2 Å². The molecule has 0 N–H and O–H groups in total. The Kier molecular flexibility index (Phi) is 5.27. The summed E-state index contributed by atoms with van der Waals surface area (Å²) >= 11 is 1.95. The summed E-state index contributed by atoms with van der Waals surface area (Å²) in [6.07, 6.45) is 6.37. The first kappa shape index (κ1) is 20.1. The highest BCUT2D eigenvalue weighted by molar-refractivity contribution is 7.21. The van der Waals surface area contributed by atoms with Crippen LogP contribution in [0.3, 0.4) is 0 Å². The summed E-state index contributed by atoms with van der Waals surface area (Å²) in [5, 5.41) is 7.32. The molecular weight excluding hydrogens is 422 g/mol. The molecule has 8 heteroatoms. The average molecular weight is 452 g/mol. The predicted octanol–water partition coefficient (Wildman–Crippen LogP) is 4.17. The second-order valence-electron chi connectivity index (χ2n) is 8.94. The van der Waals surface area contributed by atoms with Crippen molar-refractivity contribution in [3.8, 4) is 17.1 Å². The minimum absolute atomic E-state index is 0.730. The molecule has 6 rings (SSSR count). The highest BCUT2D eigenvalue weighted by atomic mass is 32.1. The van der Waals surface area contributed by atoms with E-state index in [1.807, 2.05) is 23.5 Å². The minimum Gasteiger partial charge on any atom is -0.497 e. The fourth-order valence-corrected chi connectivity index (χ4v) is 6.58. The number of fused-ring (bicyclic) bond motifs is 5. The van der Waals surface area contributed by atoms with E-state index < -0.39 is 0 Å². The second kappa shape index (κ2) is 8.41. The van der Waals surface area contributed by atoms with Crippen molar-refractivity contribution in [1.29, 1.82) is 0 Å². The quantitative estimate of drug-likeness (QED) is 0.580. The van der Waals surface area contributed by atoms with E-state index in [9.17, 15) is 0 Å². The summed E-state index contributed by atoms with van der Waals surface area (Å²) in [5.41, 5.74) is 4.04. The van der Waals surface area contributed by atoms with Gasteiger partial charge in [-0.15, -0.1) is 0 Å². The summed E-state index contributed by atoms with van der Waals surface area (Å²) in [7, 11) is 1.71. The Bertz CT molecular complexity index is 1090. The van der Waals surface area contributed by atoms with Crippen LogP contribution in [0.2, 0.25) is 0 Å². The van der Waals surface area contributed by atoms with Crippen molar-refractivity contribution in [2.75, 3.05) is 43.2 Å². The van der Waals surface area contributed by atoms with Gasteiger partial charge in [-0.05, 0) is 54.9 Å². The highest BCUT2D eigenvalue weighted by Gasteiger charge is 2.34. The van der Waals surface area contributed by atoms with E-state index in [1.165, 1.54) is 46.0 Å². The number of benzene rings is 1. The summed E-state index contributed by atoms with van der Waals surface area (Å²) in [5.74, 6) is 2.64. The molecule has 1 aromatic carbocycles. The van der Waals surface area contributed by atoms with Crippen molar-refractivity contribution < 1.29 is 9.47 Å². The van der Waals surface area contributed by atoms with Crippen LogP contribution < -0.4 is 14.5 Å². The molecule has 1 fully saturated rings. The first-order chi connectivity index (χ1) is 15.8. The highest BCUT2D eigenvalue weighted by Crippen LogP contribution is 2.51. The Morgan fingerprint density at radius 1 is 1.12 bits per heavy atom. The molecule has 7 nitrogen and oxygen atoms in total. The van der Waals surface area contributed by atoms with Gasteiger partial charge in [0.1, 0.15) is 23.7 Å². The lowest BCUT2D eigenvalue weighted by atomic mass is 9.97. The van der Waals surface area contributed by atoms with Gasteiger partial charge in [0, 0.05) is 32.8 Å². The zero-order valence-corrected chi connectivity index (χ0v) is 19.3. The summed E-state index contributed by atoms with van der Waals surface area (Å²) in [6.45, 7) is 5.68. The average Bonchev–Trinajstić information content (AvgIpc) is 3.45. The summed E-state index contributed by atoms with van der Waals surface area (Å²) < 4.78 is 13.0. The number of rotatable bonds is 5. The van der Waals surface area contributed by atoms with Gasteiger partial charge in [-0.1, -0.05) is 23.5 Å². The van der Waals surface area contributed by atoms with Crippen molar-refractivity contribution in [3.05, 3.63) is 41.7 Å². The molecule has 0 unspecified atom stereocenters. The third kappa shape index (κ3) is 3.55. The maximum atomic E-state index is 5.59. The molecule has 0 aliphatic carbocycles. The molecule has 0 bridgehead atoms. The lowest BCUT2D eigenvalue weighted by Gasteiger charge is -2.33. The molecule has 0 amide bonds. The van der Waals surface area contributed by atoms with Crippen LogP contribution in [0.25, 0.3) is 11.4 Å². The van der Waals surface area contributed by atoms with E-state index in [2.05, 4.69) is 36.7 Å². The number of ether oxygens (including phenoxy) is 2. The first-order valence-corrected chi connectivity index (χ1v) is 12.4. The summed E-state index contributed by atoms with van der Waals surface area (Å²) in [4.78, 5) is 9.76. The number of nitrogens with zero attached hydrogens (tertiary/aromatic N) is 5. The van der Waals surface area contributed by atoms with E-state index in [1.54, 1.807) is 13.4 Å². The van der Waals surface area contributed by atoms with Gasteiger partial charge in [-0.2, -0.15) is 5.10 Å². The largest absolute Gasteiger partial charge is 0.497 e. The van der Waals surface area contributed by atoms with Crippen LogP contribution >= 0.6 is 11.3 Å². The predicted molar refractivity (Wildman–Crippen MR) is 127 cm³/mol. The molecule has 2 aromatic heterocycles. The third-order valence-corrected chi connectivity index (χ3v) is 8.25. The number of anilines is 2.